The molecule has 1 rings (SSSR count). The summed E-state index contributed by atoms with van der Waals surface area (Å²) in [5, 5.41) is 10.5. The van der Waals surface area contributed by atoms with E-state index in [-0.39, 0.29) is 4.75 Å². The van der Waals surface area contributed by atoms with E-state index in [1.54, 1.807) is 12.2 Å². The number of phenolic OH excluding ortho intramolecular Hbond substituents is 1. The molecule has 1 aromatic rings. The lowest BCUT2D eigenvalue weighted by Crippen LogP contribution is -2.24. The van der Waals surface area contributed by atoms with Crippen LogP contribution in [0.3, 0.4) is 0 Å². The van der Waals surface area contributed by atoms with Crippen molar-refractivity contribution in [2.24, 2.45) is 0 Å². The zero-order valence-corrected chi connectivity index (χ0v) is 14.6. The number of hydrogen-bond acceptors (Lipinski definition) is 2. The molecule has 0 spiro atoms. The van der Waals surface area contributed by atoms with Crippen LogP contribution >= 0.6 is 0 Å². The molecule has 0 aromatic heterocycles. The topological polar surface area (TPSA) is 37.3 Å². The second-order valence-corrected chi connectivity index (χ2v) is 8.42. The lowest BCUT2D eigenvalue weighted by atomic mass is 9.94. The van der Waals surface area contributed by atoms with Crippen molar-refractivity contribution in [1.29, 1.82) is 0 Å². The Morgan fingerprint density at radius 3 is 1.71 bits per heavy atom. The van der Waals surface area contributed by atoms with Gasteiger partial charge in [-0.2, -0.15) is 0 Å². The van der Waals surface area contributed by atoms with Crippen molar-refractivity contribution >= 4 is 10.8 Å². The molecular formula is C18H26O2S. The van der Waals surface area contributed by atoms with Crippen LogP contribution in [0.5, 0.6) is 5.75 Å². The minimum Gasteiger partial charge on any atom is -0.507 e. The molecule has 1 aromatic carbocycles. The number of phenols is 1. The van der Waals surface area contributed by atoms with Crippen molar-refractivity contribution in [3.8, 4) is 5.75 Å². The molecule has 0 radical (unpaired) electrons. The van der Waals surface area contributed by atoms with E-state index in [0.717, 1.165) is 27.1 Å². The van der Waals surface area contributed by atoms with E-state index in [4.69, 9.17) is 0 Å². The Hall–Kier alpha value is -1.35. The highest BCUT2D eigenvalue weighted by Gasteiger charge is 2.28. The van der Waals surface area contributed by atoms with Crippen molar-refractivity contribution < 1.29 is 9.32 Å². The van der Waals surface area contributed by atoms with Gasteiger partial charge in [-0.3, -0.25) is 4.21 Å². The van der Waals surface area contributed by atoms with Gasteiger partial charge in [0.15, 0.2) is 0 Å². The average molecular weight is 306 g/mol. The fraction of sp³-hybridized carbons (Fsp3) is 0.444. The first-order valence-corrected chi connectivity index (χ1v) is 8.29. The van der Waals surface area contributed by atoms with Crippen LogP contribution in [0, 0.1) is 13.8 Å². The molecular weight excluding hydrogens is 280 g/mol. The van der Waals surface area contributed by atoms with Crippen LogP contribution in [0.4, 0.5) is 0 Å². The number of aromatic hydroxyl groups is 1. The molecule has 0 saturated carbocycles. The SMILES string of the molecule is C=CCc1c(C)c(S(=O)C(C)(C)C)c(C)c(CC=C)c1O. The predicted molar refractivity (Wildman–Crippen MR) is 91.5 cm³/mol. The van der Waals surface area contributed by atoms with E-state index in [1.165, 1.54) is 0 Å². The van der Waals surface area contributed by atoms with Gasteiger partial charge in [0, 0.05) is 20.8 Å². The molecule has 21 heavy (non-hydrogen) atoms. The second kappa shape index (κ2) is 6.61. The molecule has 0 saturated heterocycles. The summed E-state index contributed by atoms with van der Waals surface area (Å²) in [6.07, 6.45) is 4.66. The van der Waals surface area contributed by atoms with Gasteiger partial charge in [-0.05, 0) is 58.6 Å². The largest absolute Gasteiger partial charge is 0.507 e. The molecule has 1 unspecified atom stereocenters. The minimum atomic E-state index is -1.14. The standard InChI is InChI=1S/C18H26O2S/c1-8-10-14-12(3)17(21(20)18(5,6)7)13(4)15(11-9-2)16(14)19/h8-9,19H,1-2,10-11H2,3-7H3. The maximum Gasteiger partial charge on any atom is 0.123 e. The third-order valence-electron chi connectivity index (χ3n) is 3.60. The van der Waals surface area contributed by atoms with Gasteiger partial charge >= 0.3 is 0 Å². The normalized spacial score (nSPS) is 13.0. The van der Waals surface area contributed by atoms with Gasteiger partial charge in [-0.1, -0.05) is 12.2 Å². The first-order chi connectivity index (χ1) is 9.66. The summed E-state index contributed by atoms with van der Waals surface area (Å²) in [6, 6.07) is 0. The molecule has 0 aliphatic carbocycles. The molecule has 0 aliphatic heterocycles. The molecule has 0 amide bonds. The monoisotopic (exact) mass is 306 g/mol. The van der Waals surface area contributed by atoms with E-state index in [2.05, 4.69) is 13.2 Å². The van der Waals surface area contributed by atoms with E-state index in [1.807, 2.05) is 34.6 Å². The molecule has 2 nitrogen and oxygen atoms in total. The zero-order valence-electron chi connectivity index (χ0n) is 13.7. The Kier molecular flexibility index (Phi) is 5.57. The van der Waals surface area contributed by atoms with E-state index in [0.29, 0.717) is 18.6 Å². The van der Waals surface area contributed by atoms with E-state index >= 15 is 0 Å². The van der Waals surface area contributed by atoms with Crippen LogP contribution in [0.25, 0.3) is 0 Å². The van der Waals surface area contributed by atoms with Crippen molar-refractivity contribution in [2.45, 2.75) is 57.1 Å². The summed E-state index contributed by atoms with van der Waals surface area (Å²) in [5.74, 6) is 0.291. The summed E-state index contributed by atoms with van der Waals surface area (Å²) in [4.78, 5) is 0.842. The first-order valence-electron chi connectivity index (χ1n) is 7.14. The summed E-state index contributed by atoms with van der Waals surface area (Å²) in [6.45, 7) is 17.3. The van der Waals surface area contributed by atoms with Gasteiger partial charge in [0.1, 0.15) is 5.75 Å². The Labute approximate surface area is 131 Å². The van der Waals surface area contributed by atoms with Gasteiger partial charge in [-0.15, -0.1) is 13.2 Å². The molecule has 0 fully saturated rings. The number of rotatable bonds is 5. The van der Waals surface area contributed by atoms with Crippen LogP contribution in [-0.4, -0.2) is 14.1 Å². The fourth-order valence-corrected chi connectivity index (χ4v) is 3.88. The summed E-state index contributed by atoms with van der Waals surface area (Å²) >= 11 is 0. The summed E-state index contributed by atoms with van der Waals surface area (Å²) in [5.41, 5.74) is 3.46. The third kappa shape index (κ3) is 3.46. The maximum absolute atomic E-state index is 12.9. The van der Waals surface area contributed by atoms with E-state index in [9.17, 15) is 9.32 Å². The molecule has 0 bridgehead atoms. The van der Waals surface area contributed by atoms with Gasteiger partial charge in [0.05, 0.1) is 10.8 Å². The van der Waals surface area contributed by atoms with Gasteiger partial charge in [0.2, 0.25) is 0 Å². The molecule has 1 N–H and O–H groups in total. The quantitative estimate of drug-likeness (QED) is 0.820. The number of allylic oxidation sites excluding steroid dienone is 2. The lowest BCUT2D eigenvalue weighted by Gasteiger charge is -2.25. The maximum atomic E-state index is 12.9. The lowest BCUT2D eigenvalue weighted by molar-refractivity contribution is 0.461. The van der Waals surface area contributed by atoms with Crippen LogP contribution in [0.15, 0.2) is 30.2 Å². The average Bonchev–Trinajstić information content (AvgIpc) is 2.38. The molecule has 3 heteroatoms. The van der Waals surface area contributed by atoms with Gasteiger partial charge < -0.3 is 5.11 Å². The second-order valence-electron chi connectivity index (χ2n) is 6.25. The fourth-order valence-electron chi connectivity index (χ4n) is 2.47. The Morgan fingerprint density at radius 1 is 1.05 bits per heavy atom. The van der Waals surface area contributed by atoms with Crippen molar-refractivity contribution in [3.05, 3.63) is 47.6 Å². The highest BCUT2D eigenvalue weighted by molar-refractivity contribution is 7.86. The Morgan fingerprint density at radius 2 is 1.43 bits per heavy atom. The smallest absolute Gasteiger partial charge is 0.123 e. The highest BCUT2D eigenvalue weighted by atomic mass is 32.2. The molecule has 0 heterocycles. The Balaban J connectivity index is 3.74. The van der Waals surface area contributed by atoms with Crippen LogP contribution in [-0.2, 0) is 23.6 Å². The van der Waals surface area contributed by atoms with Crippen LogP contribution in [0.1, 0.15) is 43.0 Å². The van der Waals surface area contributed by atoms with E-state index < -0.39 is 10.8 Å². The zero-order chi connectivity index (χ0) is 16.4. The molecule has 0 aliphatic rings. The van der Waals surface area contributed by atoms with Gasteiger partial charge in [-0.25, -0.2) is 0 Å². The predicted octanol–water partition coefficient (Wildman–Crippen LogP) is 4.37. The van der Waals surface area contributed by atoms with Crippen molar-refractivity contribution in [3.63, 3.8) is 0 Å². The summed E-state index contributed by atoms with van der Waals surface area (Å²) < 4.78 is 12.6. The van der Waals surface area contributed by atoms with Crippen molar-refractivity contribution in [1.82, 2.24) is 0 Å². The van der Waals surface area contributed by atoms with Crippen LogP contribution < -0.4 is 0 Å². The van der Waals surface area contributed by atoms with Crippen LogP contribution in [0.2, 0.25) is 0 Å². The third-order valence-corrected chi connectivity index (χ3v) is 5.69. The Bertz CT molecular complexity index is 555. The number of hydrogen-bond donors (Lipinski definition) is 1. The van der Waals surface area contributed by atoms with Gasteiger partial charge in [0.25, 0.3) is 0 Å². The number of benzene rings is 1. The van der Waals surface area contributed by atoms with Crippen molar-refractivity contribution in [2.75, 3.05) is 0 Å². The highest BCUT2D eigenvalue weighted by Crippen LogP contribution is 2.37. The molecule has 116 valence electrons. The minimum absolute atomic E-state index is 0.291. The summed E-state index contributed by atoms with van der Waals surface area (Å²) in [7, 11) is -1.14. The first kappa shape index (κ1) is 17.7. The molecule has 1 atom stereocenters.